The average molecular weight is 385 g/mol. The highest BCUT2D eigenvalue weighted by molar-refractivity contribution is 5.93. The summed E-state index contributed by atoms with van der Waals surface area (Å²) in [4.78, 5) is 20.1. The Labute approximate surface area is 161 Å². The zero-order valence-corrected chi connectivity index (χ0v) is 15.8. The van der Waals surface area contributed by atoms with Gasteiger partial charge in [-0.1, -0.05) is 0 Å². The molecule has 1 N–H and O–H groups in total. The Hall–Kier alpha value is -3.42. The van der Waals surface area contributed by atoms with Crippen LogP contribution in [0.2, 0.25) is 0 Å². The van der Waals surface area contributed by atoms with Crippen LogP contribution in [0, 0.1) is 12.7 Å². The van der Waals surface area contributed by atoms with Crippen molar-refractivity contribution in [3.05, 3.63) is 48.0 Å². The molecule has 0 bridgehead atoms. The second kappa shape index (κ2) is 8.51. The third kappa shape index (κ3) is 4.28. The van der Waals surface area contributed by atoms with E-state index in [1.807, 2.05) is 0 Å². The van der Waals surface area contributed by atoms with Crippen molar-refractivity contribution >= 4 is 28.4 Å². The topological polar surface area (TPSA) is 82.6 Å². The van der Waals surface area contributed by atoms with Crippen molar-refractivity contribution < 1.29 is 23.4 Å². The molecule has 0 saturated heterocycles. The van der Waals surface area contributed by atoms with Gasteiger partial charge in [-0.15, -0.1) is 0 Å². The molecular formula is C20H20FN3O4. The van der Waals surface area contributed by atoms with Crippen molar-refractivity contribution in [1.29, 1.82) is 0 Å². The summed E-state index contributed by atoms with van der Waals surface area (Å²) < 4.78 is 29.3. The van der Waals surface area contributed by atoms with Crippen molar-refractivity contribution in [2.75, 3.05) is 25.6 Å². The first-order valence-electron chi connectivity index (χ1n) is 8.66. The Morgan fingerprint density at radius 1 is 1.18 bits per heavy atom. The molecule has 0 saturated carbocycles. The van der Waals surface area contributed by atoms with E-state index in [0.29, 0.717) is 39.5 Å². The number of hydrogen-bond donors (Lipinski definition) is 1. The Bertz CT molecular complexity index is 1010. The van der Waals surface area contributed by atoms with Crippen LogP contribution in [0.25, 0.3) is 10.9 Å². The fourth-order valence-electron chi connectivity index (χ4n) is 2.63. The number of aromatic nitrogens is 2. The van der Waals surface area contributed by atoms with Gasteiger partial charge in [0.2, 0.25) is 0 Å². The number of carbonyl (C=O) groups excluding carboxylic acids is 1. The molecule has 0 amide bonds. The monoisotopic (exact) mass is 385 g/mol. The highest BCUT2D eigenvalue weighted by atomic mass is 19.1. The van der Waals surface area contributed by atoms with E-state index >= 15 is 0 Å². The van der Waals surface area contributed by atoms with E-state index in [1.54, 1.807) is 38.1 Å². The van der Waals surface area contributed by atoms with Crippen LogP contribution in [-0.4, -0.2) is 36.3 Å². The second-order valence-electron chi connectivity index (χ2n) is 5.93. The quantitative estimate of drug-likeness (QED) is 0.620. The molecule has 146 valence electrons. The summed E-state index contributed by atoms with van der Waals surface area (Å²) in [6, 6.07) is 8.07. The van der Waals surface area contributed by atoms with Crippen molar-refractivity contribution in [2.24, 2.45) is 0 Å². The van der Waals surface area contributed by atoms with Gasteiger partial charge in [0.15, 0.2) is 18.1 Å². The Morgan fingerprint density at radius 3 is 2.71 bits per heavy atom. The molecule has 0 atom stereocenters. The predicted octanol–water partition coefficient (Wildman–Crippen LogP) is 3.77. The molecule has 0 radical (unpaired) electrons. The molecule has 0 fully saturated rings. The zero-order chi connectivity index (χ0) is 20.1. The van der Waals surface area contributed by atoms with Gasteiger partial charge in [0, 0.05) is 17.1 Å². The van der Waals surface area contributed by atoms with E-state index in [1.165, 1.54) is 19.5 Å². The Morgan fingerprint density at radius 2 is 2.00 bits per heavy atom. The van der Waals surface area contributed by atoms with Gasteiger partial charge in [-0.05, 0) is 43.7 Å². The van der Waals surface area contributed by atoms with Gasteiger partial charge in [-0.25, -0.2) is 19.2 Å². The van der Waals surface area contributed by atoms with Crippen LogP contribution >= 0.6 is 0 Å². The van der Waals surface area contributed by atoms with E-state index in [-0.39, 0.29) is 19.0 Å². The van der Waals surface area contributed by atoms with Crippen molar-refractivity contribution in [2.45, 2.75) is 13.8 Å². The fourth-order valence-corrected chi connectivity index (χ4v) is 2.63. The first kappa shape index (κ1) is 19.3. The lowest BCUT2D eigenvalue weighted by Gasteiger charge is -2.14. The number of halogens is 1. The number of hydrogen-bond acceptors (Lipinski definition) is 7. The average Bonchev–Trinajstić information content (AvgIpc) is 2.69. The van der Waals surface area contributed by atoms with E-state index in [4.69, 9.17) is 14.2 Å². The number of carbonyl (C=O) groups is 1. The lowest BCUT2D eigenvalue weighted by molar-refractivity contribution is -0.145. The molecule has 7 nitrogen and oxygen atoms in total. The summed E-state index contributed by atoms with van der Waals surface area (Å²) in [7, 11) is 1.50. The molecule has 28 heavy (non-hydrogen) atoms. The minimum atomic E-state index is -0.478. The SMILES string of the molecule is CCOC(=O)COc1cc2c(Nc3ccc(F)c(C)c3)ncnc2cc1OC. The van der Waals surface area contributed by atoms with Crippen molar-refractivity contribution in [3.8, 4) is 11.5 Å². The second-order valence-corrected chi connectivity index (χ2v) is 5.93. The van der Waals surface area contributed by atoms with Crippen LogP contribution in [0.1, 0.15) is 12.5 Å². The molecule has 0 aliphatic carbocycles. The normalized spacial score (nSPS) is 10.6. The molecule has 0 aliphatic rings. The number of nitrogens with one attached hydrogen (secondary N) is 1. The van der Waals surface area contributed by atoms with E-state index in [9.17, 15) is 9.18 Å². The summed E-state index contributed by atoms with van der Waals surface area (Å²) in [5.41, 5.74) is 1.82. The van der Waals surface area contributed by atoms with Crippen molar-refractivity contribution in [3.63, 3.8) is 0 Å². The van der Waals surface area contributed by atoms with Gasteiger partial charge >= 0.3 is 5.97 Å². The minimum absolute atomic E-state index is 0.247. The van der Waals surface area contributed by atoms with Gasteiger partial charge in [-0.2, -0.15) is 0 Å². The lowest BCUT2D eigenvalue weighted by Crippen LogP contribution is -2.15. The first-order valence-corrected chi connectivity index (χ1v) is 8.66. The number of esters is 1. The highest BCUT2D eigenvalue weighted by Crippen LogP contribution is 2.34. The molecule has 0 spiro atoms. The summed E-state index contributed by atoms with van der Waals surface area (Å²) in [6.07, 6.45) is 1.42. The largest absolute Gasteiger partial charge is 0.493 e. The van der Waals surface area contributed by atoms with Gasteiger partial charge in [0.1, 0.15) is 18.0 Å². The third-order valence-electron chi connectivity index (χ3n) is 3.99. The van der Waals surface area contributed by atoms with Gasteiger partial charge < -0.3 is 19.5 Å². The predicted molar refractivity (Wildman–Crippen MR) is 103 cm³/mol. The molecule has 3 rings (SSSR count). The summed E-state index contributed by atoms with van der Waals surface area (Å²) in [5, 5.41) is 3.82. The molecule has 0 unspecified atom stereocenters. The molecular weight excluding hydrogens is 365 g/mol. The Balaban J connectivity index is 1.95. The maximum absolute atomic E-state index is 13.5. The highest BCUT2D eigenvalue weighted by Gasteiger charge is 2.14. The number of methoxy groups -OCH3 is 1. The number of ether oxygens (including phenoxy) is 3. The molecule has 3 aromatic rings. The standard InChI is InChI=1S/C20H20FN3O4/c1-4-27-19(25)10-28-18-8-14-16(9-17(18)26-3)22-11-23-20(14)24-13-5-6-15(21)12(2)7-13/h5-9,11H,4,10H2,1-3H3,(H,22,23,24). The number of nitrogens with zero attached hydrogens (tertiary/aromatic N) is 2. The number of rotatable bonds is 7. The van der Waals surface area contributed by atoms with E-state index in [0.717, 1.165) is 0 Å². The number of anilines is 2. The lowest BCUT2D eigenvalue weighted by atomic mass is 10.2. The molecule has 8 heteroatoms. The zero-order valence-electron chi connectivity index (χ0n) is 15.8. The smallest absolute Gasteiger partial charge is 0.344 e. The van der Waals surface area contributed by atoms with Gasteiger partial charge in [-0.3, -0.25) is 0 Å². The Kier molecular flexibility index (Phi) is 5.88. The third-order valence-corrected chi connectivity index (χ3v) is 3.99. The fraction of sp³-hybridized carbons (Fsp3) is 0.250. The van der Waals surface area contributed by atoms with Gasteiger partial charge in [0.25, 0.3) is 0 Å². The molecule has 1 aromatic heterocycles. The number of benzene rings is 2. The van der Waals surface area contributed by atoms with Crippen LogP contribution < -0.4 is 14.8 Å². The first-order chi connectivity index (χ1) is 13.5. The molecule has 0 aliphatic heterocycles. The summed E-state index contributed by atoms with van der Waals surface area (Å²) in [6.45, 7) is 3.44. The van der Waals surface area contributed by atoms with Crippen LogP contribution in [0.15, 0.2) is 36.7 Å². The van der Waals surface area contributed by atoms with Crippen molar-refractivity contribution in [1.82, 2.24) is 9.97 Å². The minimum Gasteiger partial charge on any atom is -0.493 e. The van der Waals surface area contributed by atoms with Crippen LogP contribution in [-0.2, 0) is 9.53 Å². The van der Waals surface area contributed by atoms with E-state index < -0.39 is 5.97 Å². The van der Waals surface area contributed by atoms with Crippen LogP contribution in [0.3, 0.4) is 0 Å². The summed E-state index contributed by atoms with van der Waals surface area (Å²) >= 11 is 0. The van der Waals surface area contributed by atoms with Gasteiger partial charge in [0.05, 0.1) is 19.2 Å². The number of aryl methyl sites for hydroxylation is 1. The molecule has 1 heterocycles. The maximum Gasteiger partial charge on any atom is 0.344 e. The number of fused-ring (bicyclic) bond motifs is 1. The van der Waals surface area contributed by atoms with Crippen LogP contribution in [0.4, 0.5) is 15.9 Å². The summed E-state index contributed by atoms with van der Waals surface area (Å²) in [5.74, 6) is 0.543. The van der Waals surface area contributed by atoms with E-state index in [2.05, 4.69) is 15.3 Å². The maximum atomic E-state index is 13.5. The molecule has 2 aromatic carbocycles. The van der Waals surface area contributed by atoms with Crippen LogP contribution in [0.5, 0.6) is 11.5 Å².